The molecule has 1 aliphatic rings. The minimum absolute atomic E-state index is 0.556. The van der Waals surface area contributed by atoms with Gasteiger partial charge in [0.1, 0.15) is 5.75 Å². The normalized spacial score (nSPS) is 13.0. The maximum atomic E-state index is 6.29. The molecule has 3 nitrogen and oxygen atoms in total. The minimum atomic E-state index is 0.556. The SMILES string of the molecule is Clc1ccc2[nH]c(-c3ccccc3)c(CN3COc4ccccc43)c2c1. The molecule has 5 rings (SSSR count). The zero-order valence-corrected chi connectivity index (χ0v) is 14.8. The van der Waals surface area contributed by atoms with E-state index < -0.39 is 0 Å². The van der Waals surface area contributed by atoms with E-state index in [-0.39, 0.29) is 0 Å². The molecule has 2 heterocycles. The summed E-state index contributed by atoms with van der Waals surface area (Å²) in [6, 6.07) is 24.6. The standard InChI is InChI=1S/C22H17ClN2O/c23-16-10-11-19-17(12-16)18(22(24-19)15-6-2-1-3-7-15)13-25-14-26-21-9-5-4-8-20(21)25/h1-12,24H,13-14H2. The fourth-order valence-electron chi connectivity index (χ4n) is 3.61. The third-order valence-corrected chi connectivity index (χ3v) is 5.10. The van der Waals surface area contributed by atoms with Crippen molar-refractivity contribution in [2.24, 2.45) is 0 Å². The van der Waals surface area contributed by atoms with Crippen molar-refractivity contribution in [1.29, 1.82) is 0 Å². The van der Waals surface area contributed by atoms with Crippen LogP contribution in [-0.4, -0.2) is 11.7 Å². The van der Waals surface area contributed by atoms with Gasteiger partial charge >= 0.3 is 0 Å². The fourth-order valence-corrected chi connectivity index (χ4v) is 3.79. The van der Waals surface area contributed by atoms with Gasteiger partial charge < -0.3 is 14.6 Å². The van der Waals surface area contributed by atoms with Gasteiger partial charge in [-0.15, -0.1) is 0 Å². The van der Waals surface area contributed by atoms with E-state index in [0.717, 1.165) is 39.6 Å². The summed E-state index contributed by atoms with van der Waals surface area (Å²) in [4.78, 5) is 5.83. The highest BCUT2D eigenvalue weighted by Crippen LogP contribution is 2.38. The molecule has 26 heavy (non-hydrogen) atoms. The summed E-state index contributed by atoms with van der Waals surface area (Å²) in [5, 5.41) is 1.90. The molecule has 0 spiro atoms. The van der Waals surface area contributed by atoms with Gasteiger partial charge in [-0.05, 0) is 35.9 Å². The lowest BCUT2D eigenvalue weighted by atomic mass is 10.0. The number of nitrogens with one attached hydrogen (secondary N) is 1. The van der Waals surface area contributed by atoms with Gasteiger partial charge in [0, 0.05) is 28.0 Å². The van der Waals surface area contributed by atoms with Crippen molar-refractivity contribution in [2.75, 3.05) is 11.6 Å². The molecule has 1 N–H and O–H groups in total. The fraction of sp³-hybridized carbons (Fsp3) is 0.0909. The van der Waals surface area contributed by atoms with Gasteiger partial charge in [-0.25, -0.2) is 0 Å². The van der Waals surface area contributed by atoms with Gasteiger partial charge in [0.2, 0.25) is 0 Å². The lowest BCUT2D eigenvalue weighted by Gasteiger charge is -2.17. The number of hydrogen-bond acceptors (Lipinski definition) is 2. The minimum Gasteiger partial charge on any atom is -0.471 e. The van der Waals surface area contributed by atoms with E-state index in [0.29, 0.717) is 6.73 Å². The molecule has 128 valence electrons. The number of H-pyrrole nitrogens is 1. The van der Waals surface area contributed by atoms with E-state index in [2.05, 4.69) is 40.2 Å². The Morgan fingerprint density at radius 2 is 1.77 bits per heavy atom. The quantitative estimate of drug-likeness (QED) is 0.496. The third-order valence-electron chi connectivity index (χ3n) is 4.86. The number of halogens is 1. The van der Waals surface area contributed by atoms with Crippen molar-refractivity contribution in [1.82, 2.24) is 4.98 Å². The highest BCUT2D eigenvalue weighted by molar-refractivity contribution is 6.31. The van der Waals surface area contributed by atoms with Gasteiger partial charge in [-0.2, -0.15) is 0 Å². The zero-order chi connectivity index (χ0) is 17.5. The number of hydrogen-bond donors (Lipinski definition) is 1. The summed E-state index contributed by atoms with van der Waals surface area (Å²) < 4.78 is 5.83. The van der Waals surface area contributed by atoms with Crippen molar-refractivity contribution in [3.8, 4) is 17.0 Å². The molecule has 0 aliphatic carbocycles. The second-order valence-electron chi connectivity index (χ2n) is 6.47. The molecule has 0 amide bonds. The van der Waals surface area contributed by atoms with E-state index in [1.165, 1.54) is 11.1 Å². The number of ether oxygens (including phenoxy) is 1. The number of nitrogens with zero attached hydrogens (tertiary/aromatic N) is 1. The van der Waals surface area contributed by atoms with Gasteiger partial charge in [-0.3, -0.25) is 0 Å². The van der Waals surface area contributed by atoms with Crippen molar-refractivity contribution in [3.05, 3.63) is 83.4 Å². The van der Waals surface area contributed by atoms with E-state index in [1.54, 1.807) is 0 Å². The van der Waals surface area contributed by atoms with E-state index in [1.807, 2.05) is 42.5 Å². The van der Waals surface area contributed by atoms with E-state index >= 15 is 0 Å². The highest BCUT2D eigenvalue weighted by Gasteiger charge is 2.23. The molecule has 1 aromatic heterocycles. The summed E-state index contributed by atoms with van der Waals surface area (Å²) in [6.45, 7) is 1.31. The first-order valence-corrected chi connectivity index (χ1v) is 9.00. The van der Waals surface area contributed by atoms with Crippen LogP contribution in [0.4, 0.5) is 5.69 Å². The average Bonchev–Trinajstić information content (AvgIpc) is 3.25. The largest absolute Gasteiger partial charge is 0.471 e. The lowest BCUT2D eigenvalue weighted by Crippen LogP contribution is -2.21. The topological polar surface area (TPSA) is 28.3 Å². The Balaban J connectivity index is 1.65. The molecule has 0 radical (unpaired) electrons. The predicted molar refractivity (Wildman–Crippen MR) is 107 cm³/mol. The van der Waals surface area contributed by atoms with E-state index in [9.17, 15) is 0 Å². The molecule has 4 aromatic rings. The van der Waals surface area contributed by atoms with Gasteiger partial charge in [0.05, 0.1) is 11.4 Å². The number of benzene rings is 3. The molecule has 0 saturated carbocycles. The Morgan fingerprint density at radius 1 is 0.962 bits per heavy atom. The Labute approximate surface area is 156 Å². The van der Waals surface area contributed by atoms with Crippen molar-refractivity contribution in [2.45, 2.75) is 6.54 Å². The second kappa shape index (κ2) is 6.11. The summed E-state index contributed by atoms with van der Waals surface area (Å²) in [7, 11) is 0. The maximum absolute atomic E-state index is 6.29. The van der Waals surface area contributed by atoms with Crippen LogP contribution < -0.4 is 9.64 Å². The van der Waals surface area contributed by atoms with Crippen LogP contribution in [0.25, 0.3) is 22.2 Å². The number of para-hydroxylation sites is 2. The third kappa shape index (κ3) is 2.52. The second-order valence-corrected chi connectivity index (χ2v) is 6.91. The number of anilines is 1. The van der Waals surface area contributed by atoms with Gasteiger partial charge in [-0.1, -0.05) is 54.1 Å². The summed E-state index contributed by atoms with van der Waals surface area (Å²) in [6.07, 6.45) is 0. The molecular weight excluding hydrogens is 344 g/mol. The van der Waals surface area contributed by atoms with Gasteiger partial charge in [0.15, 0.2) is 6.73 Å². The molecule has 3 aromatic carbocycles. The monoisotopic (exact) mass is 360 g/mol. The Kier molecular flexibility index (Phi) is 3.61. The van der Waals surface area contributed by atoms with Crippen LogP contribution in [-0.2, 0) is 6.54 Å². The molecular formula is C22H17ClN2O. The van der Waals surface area contributed by atoms with Crippen LogP contribution in [0.3, 0.4) is 0 Å². The number of aromatic nitrogens is 1. The molecule has 0 atom stereocenters. The predicted octanol–water partition coefficient (Wildman–Crippen LogP) is 5.84. The van der Waals surface area contributed by atoms with E-state index in [4.69, 9.17) is 16.3 Å². The van der Waals surface area contributed by atoms with Crippen LogP contribution in [0.15, 0.2) is 72.8 Å². The first kappa shape index (κ1) is 15.4. The van der Waals surface area contributed by atoms with Crippen LogP contribution in [0.5, 0.6) is 5.75 Å². The smallest absolute Gasteiger partial charge is 0.162 e. The molecule has 0 fully saturated rings. The van der Waals surface area contributed by atoms with Crippen LogP contribution in [0, 0.1) is 0 Å². The Morgan fingerprint density at radius 3 is 2.65 bits per heavy atom. The number of rotatable bonds is 3. The van der Waals surface area contributed by atoms with Crippen LogP contribution >= 0.6 is 11.6 Å². The first-order chi connectivity index (χ1) is 12.8. The summed E-state index contributed by atoms with van der Waals surface area (Å²) >= 11 is 6.29. The van der Waals surface area contributed by atoms with Crippen molar-refractivity contribution in [3.63, 3.8) is 0 Å². The molecule has 1 aliphatic heterocycles. The first-order valence-electron chi connectivity index (χ1n) is 8.62. The lowest BCUT2D eigenvalue weighted by molar-refractivity contribution is 0.346. The average molecular weight is 361 g/mol. The molecule has 0 bridgehead atoms. The Hall–Kier alpha value is -2.91. The molecule has 0 unspecified atom stereocenters. The zero-order valence-electron chi connectivity index (χ0n) is 14.1. The van der Waals surface area contributed by atoms with Crippen LogP contribution in [0.1, 0.15) is 5.56 Å². The summed E-state index contributed by atoms with van der Waals surface area (Å²) in [5.41, 5.74) is 5.75. The van der Waals surface area contributed by atoms with Crippen LogP contribution in [0.2, 0.25) is 5.02 Å². The number of fused-ring (bicyclic) bond motifs is 2. The van der Waals surface area contributed by atoms with Crippen molar-refractivity contribution < 1.29 is 4.74 Å². The maximum Gasteiger partial charge on any atom is 0.162 e. The summed E-state index contributed by atoms with van der Waals surface area (Å²) in [5.74, 6) is 0.937. The van der Waals surface area contributed by atoms with Gasteiger partial charge in [0.25, 0.3) is 0 Å². The number of aromatic amines is 1. The molecule has 0 saturated heterocycles. The Bertz CT molecular complexity index is 1090. The molecule has 4 heteroatoms. The highest BCUT2D eigenvalue weighted by atomic mass is 35.5. The van der Waals surface area contributed by atoms with Crippen molar-refractivity contribution >= 4 is 28.2 Å².